The van der Waals surface area contributed by atoms with Gasteiger partial charge in [-0.3, -0.25) is 28.5 Å². The Kier molecular flexibility index (Phi) is 18.2. The molecule has 0 bridgehead atoms. The summed E-state index contributed by atoms with van der Waals surface area (Å²) in [5, 5.41) is 2.23. The smallest absolute Gasteiger partial charge is 0.296 e. The first-order chi connectivity index (χ1) is 44.0. The average Bonchev–Trinajstić information content (AvgIpc) is 1.63. The molecule has 11 N–H and O–H groups in total. The summed E-state index contributed by atoms with van der Waals surface area (Å²) in [4.78, 5) is 62.8. The summed E-state index contributed by atoms with van der Waals surface area (Å²) in [6.45, 7) is 1.58. The van der Waals surface area contributed by atoms with Crippen LogP contribution in [0.25, 0.3) is 49.8 Å². The van der Waals surface area contributed by atoms with Gasteiger partial charge in [0.2, 0.25) is 20.6 Å². The van der Waals surface area contributed by atoms with E-state index in [1.807, 2.05) is 12.1 Å². The number of nitrogens with zero attached hydrogens (tertiary/aromatic N) is 6. The number of anilines is 3. The molecule has 12 aromatic rings. The van der Waals surface area contributed by atoms with Crippen LogP contribution >= 0.6 is 11.6 Å². The zero-order chi connectivity index (χ0) is 68.0. The first-order valence-electron chi connectivity index (χ1n) is 26.6. The fraction of sp³-hybridized carbons (Fsp3) is 0.0517. The largest absolute Gasteiger partial charge is 0.481 e. The number of rotatable bonds is 13. The normalized spacial score (nSPS) is 14.8. The minimum Gasteiger partial charge on any atom is -0.481 e. The first kappa shape index (κ1) is 67.0. The highest BCUT2D eigenvalue weighted by Crippen LogP contribution is 2.33. The van der Waals surface area contributed by atoms with Gasteiger partial charge in [-0.05, 0) is 115 Å². The van der Waals surface area contributed by atoms with Crippen LogP contribution < -0.4 is 25.1 Å². The van der Waals surface area contributed by atoms with Crippen LogP contribution in [0.2, 0.25) is 5.02 Å². The number of imidazole rings is 4. The summed E-state index contributed by atoms with van der Waals surface area (Å²) < 4.78 is 148. The number of nitrogens with one attached hydrogen (secondary N) is 7. The molecule has 0 fully saturated rings. The van der Waals surface area contributed by atoms with Crippen molar-refractivity contribution in [3.8, 4) is 11.4 Å². The lowest BCUT2D eigenvalue weighted by Crippen LogP contribution is -2.25. The lowest BCUT2D eigenvalue weighted by molar-refractivity contribution is -0.118. The molecule has 94 heavy (non-hydrogen) atoms. The van der Waals surface area contributed by atoms with Gasteiger partial charge in [0.25, 0.3) is 31.5 Å². The lowest BCUT2D eigenvalue weighted by Gasteiger charge is -2.17. The summed E-state index contributed by atoms with van der Waals surface area (Å²) in [6.07, 6.45) is 0. The number of ketones is 1. The Hall–Kier alpha value is -9.92. The number of sulfonamides is 2. The SMILES string of the molecule is C=S(=O)(O)c1nc2cc3c(cc2[nH]1)NC(=O)CO3.C=S(=O)(O)c1nc2ccc(C(=O)c3ccccc3)cc2[nH]1.C=S(=O)(O)c1nc2ccc(S(=O)(=O)Nc3c(C)n(C)n(-c4ccccc4)c3=O)cc2[nH]1.C=S(=O)(O)c1nc2ccc(S(=O)(=O)Nc3ccccc3Cl)cc2[nH]1. The minimum atomic E-state index is -4.14. The number of halogens is 1. The lowest BCUT2D eigenvalue weighted by atomic mass is 10.0. The highest BCUT2D eigenvalue weighted by atomic mass is 35.5. The van der Waals surface area contributed by atoms with Gasteiger partial charge in [0.1, 0.15) is 50.6 Å². The van der Waals surface area contributed by atoms with Gasteiger partial charge in [-0.25, -0.2) is 58.3 Å². The van der Waals surface area contributed by atoms with E-state index in [4.69, 9.17) is 16.3 Å². The standard InChI is InChI=1S/C19H19N5O5S2.C15H12N2O3S.C14H12ClN3O4S2.C10H9N3O4S/c1-12-17(18(25)24(23(12)2)13-7-5-4-6-8-13)22-31(28,29)14-9-10-15-16(11-14)21-19(20-15)30(3,26)27;1-21(19,20)15-16-12-8-7-11(9-13(12)17-15)14(18)10-5-3-2-4-6-10;1-23(19,20)14-16-12-7-6-9(8-13(12)17-14)24(21,22)18-11-5-3-2-4-10(11)15;1-18(15,16)10-12-5-2-7-8(3-6(5)13-10)17-4-9(14)11-7/h4-11,22H,3H2,1-2H3,(H,20,21)(H,26,27);2-9H,1H2,(H,16,17)(H,19,20);2-8,18H,1H2,(H,16,17)(H,19,20);2-3H,1,4H2,(H,11,14)(H,12,13)(H,15,16). The van der Waals surface area contributed by atoms with Gasteiger partial charge < -0.3 is 48.2 Å². The zero-order valence-corrected chi connectivity index (χ0v) is 54.3. The van der Waals surface area contributed by atoms with Crippen molar-refractivity contribution in [1.29, 1.82) is 0 Å². The molecule has 1 amide bonds. The molecule has 0 spiro atoms. The number of ether oxygens (including phenoxy) is 1. The summed E-state index contributed by atoms with van der Waals surface area (Å²) in [6, 6.07) is 40.3. The van der Waals surface area contributed by atoms with Gasteiger partial charge in [0.05, 0.1) is 81.7 Å². The molecule has 0 aliphatic carbocycles. The van der Waals surface area contributed by atoms with E-state index in [-0.39, 0.29) is 70.6 Å². The molecule has 5 aromatic heterocycles. The van der Waals surface area contributed by atoms with Crippen LogP contribution in [0, 0.1) is 6.92 Å². The molecule has 4 unspecified atom stereocenters. The zero-order valence-electron chi connectivity index (χ0n) is 48.7. The number of carbonyl (C=O) groups excluding carboxylic acids is 2. The highest BCUT2D eigenvalue weighted by molar-refractivity contribution is 7.96. The Morgan fingerprint density at radius 3 is 1.48 bits per heavy atom. The van der Waals surface area contributed by atoms with Gasteiger partial charge in [0, 0.05) is 24.2 Å². The molecule has 488 valence electrons. The maximum atomic E-state index is 13.0. The Morgan fingerprint density at radius 1 is 0.543 bits per heavy atom. The Labute approximate surface area is 540 Å². The quantitative estimate of drug-likeness (QED) is 0.0406. The van der Waals surface area contributed by atoms with E-state index in [1.54, 1.807) is 116 Å². The van der Waals surface area contributed by atoms with Crippen LogP contribution in [0.4, 0.5) is 17.1 Å². The molecule has 36 heteroatoms. The van der Waals surface area contributed by atoms with Crippen LogP contribution in [0.15, 0.2) is 187 Å². The second kappa shape index (κ2) is 25.5. The molecule has 13 rings (SSSR count). The molecule has 29 nitrogen and oxygen atoms in total. The monoisotopic (exact) mass is 1410 g/mol. The van der Waals surface area contributed by atoms with Crippen molar-refractivity contribution < 1.29 is 66.2 Å². The number of para-hydroxylation sites is 2. The number of carbonyl (C=O) groups is 2. The molecule has 7 aromatic carbocycles. The molecule has 0 radical (unpaired) electrons. The predicted octanol–water partition coefficient (Wildman–Crippen LogP) is 7.06. The maximum absolute atomic E-state index is 13.0. The van der Waals surface area contributed by atoms with E-state index in [0.29, 0.717) is 72.6 Å². The van der Waals surface area contributed by atoms with E-state index < -0.39 is 64.8 Å². The van der Waals surface area contributed by atoms with E-state index >= 15 is 0 Å². The highest BCUT2D eigenvalue weighted by Gasteiger charge is 2.25. The third-order valence-corrected chi connectivity index (χ3v) is 19.8. The van der Waals surface area contributed by atoms with Crippen molar-refractivity contribution >= 4 is 167 Å². The molecular formula is C58H52ClN13O16S6. The number of hydrogen-bond donors (Lipinski definition) is 11. The molecule has 6 heterocycles. The van der Waals surface area contributed by atoms with Crippen LogP contribution in [0.1, 0.15) is 21.6 Å². The summed E-state index contributed by atoms with van der Waals surface area (Å²) in [7, 11) is -20.3. The van der Waals surface area contributed by atoms with Crippen molar-refractivity contribution in [3.63, 3.8) is 0 Å². The number of fused-ring (bicyclic) bond motifs is 5. The van der Waals surface area contributed by atoms with Gasteiger partial charge in [-0.15, -0.1) is 0 Å². The fourth-order valence-corrected chi connectivity index (χ4v) is 13.5. The van der Waals surface area contributed by atoms with Crippen LogP contribution in [0.5, 0.6) is 5.75 Å². The second-order valence-electron chi connectivity index (χ2n) is 20.3. The molecule has 0 saturated carbocycles. The third kappa shape index (κ3) is 14.8. The van der Waals surface area contributed by atoms with Gasteiger partial charge in [-0.1, -0.05) is 72.3 Å². The average molecular weight is 1410 g/mol. The van der Waals surface area contributed by atoms with E-state index in [1.165, 1.54) is 47.1 Å². The van der Waals surface area contributed by atoms with Crippen molar-refractivity contribution in [2.24, 2.45) is 7.05 Å². The molecule has 4 atom stereocenters. The van der Waals surface area contributed by atoms with Gasteiger partial charge >= 0.3 is 0 Å². The molecule has 1 aliphatic rings. The van der Waals surface area contributed by atoms with Crippen molar-refractivity contribution in [2.45, 2.75) is 37.3 Å². The Morgan fingerprint density at radius 2 is 0.979 bits per heavy atom. The number of H-pyrrole nitrogens is 4. The maximum Gasteiger partial charge on any atom is 0.296 e. The Balaban J connectivity index is 0.000000139. The molecular weight excluding hydrogens is 1360 g/mol. The van der Waals surface area contributed by atoms with E-state index in [9.17, 15) is 66.3 Å². The first-order valence-corrected chi connectivity index (χ1v) is 36.7. The number of amides is 1. The van der Waals surface area contributed by atoms with Crippen LogP contribution in [-0.4, -0.2) is 143 Å². The number of aromatic nitrogens is 10. The van der Waals surface area contributed by atoms with Gasteiger partial charge in [0.15, 0.2) is 12.4 Å². The predicted molar refractivity (Wildman–Crippen MR) is 362 cm³/mol. The number of benzene rings is 7. The number of hydrogen-bond acceptors (Lipinski definition) is 16. The summed E-state index contributed by atoms with van der Waals surface area (Å²) in [5.74, 6) is 12.7. The number of aromatic amines is 4. The van der Waals surface area contributed by atoms with Crippen molar-refractivity contribution in [1.82, 2.24) is 49.2 Å². The van der Waals surface area contributed by atoms with E-state index in [2.05, 4.69) is 78.1 Å². The molecule has 1 aliphatic heterocycles. The topological polar surface area (TPSA) is 439 Å². The molecule has 0 saturated heterocycles. The van der Waals surface area contributed by atoms with Gasteiger partial charge in [-0.2, -0.15) is 0 Å². The Bertz CT molecular complexity index is 5810. The van der Waals surface area contributed by atoms with Crippen LogP contribution in [0.3, 0.4) is 0 Å². The summed E-state index contributed by atoms with van der Waals surface area (Å²) >= 11 is 5.96. The third-order valence-electron chi connectivity index (χ3n) is 13.6. The van der Waals surface area contributed by atoms with E-state index in [0.717, 1.165) is 0 Å². The van der Waals surface area contributed by atoms with Crippen molar-refractivity contribution in [3.05, 3.63) is 184 Å². The summed E-state index contributed by atoms with van der Waals surface area (Å²) in [5.41, 5.74) is 5.50. The second-order valence-corrected chi connectivity index (χ2v) is 30.8. The fourth-order valence-electron chi connectivity index (χ4n) is 8.94. The minimum absolute atomic E-state index is 0.0429. The van der Waals surface area contributed by atoms with Crippen LogP contribution in [-0.2, 0) is 71.1 Å². The van der Waals surface area contributed by atoms with Crippen molar-refractivity contribution in [2.75, 3.05) is 21.4 Å².